The predicted molar refractivity (Wildman–Crippen MR) is 106 cm³/mol. The fourth-order valence-corrected chi connectivity index (χ4v) is 3.42. The number of fused-ring (bicyclic) bond motifs is 2. The number of carbonyl (C=O) groups excluding carboxylic acids is 1. The van der Waals surface area contributed by atoms with Crippen molar-refractivity contribution in [2.24, 2.45) is 0 Å². The van der Waals surface area contributed by atoms with Crippen LogP contribution in [0.5, 0.6) is 11.5 Å². The summed E-state index contributed by atoms with van der Waals surface area (Å²) in [5, 5.41) is 12.6. The highest BCUT2D eigenvalue weighted by Crippen LogP contribution is 2.20. The maximum atomic E-state index is 12.9. The van der Waals surface area contributed by atoms with E-state index in [1.807, 2.05) is 0 Å². The molecular formula is C21H21N3O4. The van der Waals surface area contributed by atoms with E-state index in [1.54, 1.807) is 34.9 Å². The van der Waals surface area contributed by atoms with Gasteiger partial charge in [0.25, 0.3) is 11.5 Å². The highest BCUT2D eigenvalue weighted by Gasteiger charge is 2.14. The number of rotatable bonds is 4. The van der Waals surface area contributed by atoms with Crippen LogP contribution >= 0.6 is 0 Å². The second-order valence-electron chi connectivity index (χ2n) is 6.86. The normalized spacial score (nSPS) is 13.6. The number of benzene rings is 2. The molecule has 1 aliphatic rings. The molecule has 1 aliphatic heterocycles. The van der Waals surface area contributed by atoms with Gasteiger partial charge in [-0.3, -0.25) is 14.2 Å². The van der Waals surface area contributed by atoms with Crippen LogP contribution in [-0.4, -0.2) is 27.2 Å². The lowest BCUT2D eigenvalue weighted by molar-refractivity contribution is -0.118. The van der Waals surface area contributed by atoms with Crippen molar-refractivity contribution < 1.29 is 14.6 Å². The number of hydrogen-bond acceptors (Lipinski definition) is 5. The van der Waals surface area contributed by atoms with Crippen molar-refractivity contribution in [3.05, 3.63) is 58.6 Å². The van der Waals surface area contributed by atoms with Crippen molar-refractivity contribution in [3.8, 4) is 11.5 Å². The SMILES string of the molecule is O=C(COc1ccc2nc3n(c(=O)c2c1)CCCCC3)Nc1cccc(O)c1. The summed E-state index contributed by atoms with van der Waals surface area (Å²) in [7, 11) is 0. The van der Waals surface area contributed by atoms with E-state index in [0.717, 1.165) is 31.5 Å². The highest BCUT2D eigenvalue weighted by atomic mass is 16.5. The van der Waals surface area contributed by atoms with Gasteiger partial charge in [0.1, 0.15) is 17.3 Å². The molecule has 0 unspecified atom stereocenters. The number of nitrogens with zero attached hydrogens (tertiary/aromatic N) is 2. The summed E-state index contributed by atoms with van der Waals surface area (Å²) in [4.78, 5) is 29.6. The van der Waals surface area contributed by atoms with Crippen molar-refractivity contribution in [2.75, 3.05) is 11.9 Å². The molecule has 0 saturated carbocycles. The number of ether oxygens (including phenoxy) is 1. The quantitative estimate of drug-likeness (QED) is 0.727. The van der Waals surface area contributed by atoms with Crippen molar-refractivity contribution >= 4 is 22.5 Å². The topological polar surface area (TPSA) is 93.5 Å². The van der Waals surface area contributed by atoms with E-state index < -0.39 is 0 Å². The van der Waals surface area contributed by atoms with Gasteiger partial charge in [-0.05, 0) is 43.2 Å². The van der Waals surface area contributed by atoms with Crippen LogP contribution in [0.4, 0.5) is 5.69 Å². The lowest BCUT2D eigenvalue weighted by Crippen LogP contribution is -2.24. The molecule has 7 heteroatoms. The minimum Gasteiger partial charge on any atom is -0.508 e. The Labute approximate surface area is 161 Å². The van der Waals surface area contributed by atoms with Crippen LogP contribution in [0.1, 0.15) is 25.1 Å². The molecule has 2 aromatic carbocycles. The van der Waals surface area contributed by atoms with Gasteiger partial charge in [0.2, 0.25) is 0 Å². The third-order valence-corrected chi connectivity index (χ3v) is 4.79. The molecule has 2 N–H and O–H groups in total. The fraction of sp³-hybridized carbons (Fsp3) is 0.286. The Kier molecular flexibility index (Phi) is 4.97. The molecule has 0 saturated heterocycles. The Morgan fingerprint density at radius 3 is 2.93 bits per heavy atom. The Morgan fingerprint density at radius 1 is 1.18 bits per heavy atom. The van der Waals surface area contributed by atoms with Crippen LogP contribution in [0.25, 0.3) is 10.9 Å². The number of anilines is 1. The van der Waals surface area contributed by atoms with Crippen molar-refractivity contribution in [3.63, 3.8) is 0 Å². The molecule has 2 heterocycles. The van der Waals surface area contributed by atoms with E-state index in [-0.39, 0.29) is 23.8 Å². The summed E-state index contributed by atoms with van der Waals surface area (Å²) >= 11 is 0. The second kappa shape index (κ2) is 7.72. The van der Waals surface area contributed by atoms with E-state index in [1.165, 1.54) is 12.1 Å². The molecule has 0 radical (unpaired) electrons. The Balaban J connectivity index is 1.51. The zero-order chi connectivity index (χ0) is 19.5. The van der Waals surface area contributed by atoms with Gasteiger partial charge in [0.05, 0.1) is 10.9 Å². The van der Waals surface area contributed by atoms with Crippen molar-refractivity contribution in [1.82, 2.24) is 9.55 Å². The Bertz CT molecular complexity index is 1090. The van der Waals surface area contributed by atoms with Gasteiger partial charge in [-0.15, -0.1) is 0 Å². The zero-order valence-corrected chi connectivity index (χ0v) is 15.4. The highest BCUT2D eigenvalue weighted by molar-refractivity contribution is 5.92. The van der Waals surface area contributed by atoms with Crippen LogP contribution in [0, 0.1) is 0 Å². The molecule has 0 bridgehead atoms. The smallest absolute Gasteiger partial charge is 0.262 e. The standard InChI is InChI=1S/C21H21N3O4/c25-15-6-4-5-14(11-15)22-20(26)13-28-16-8-9-18-17(12-16)21(27)24-10-3-1-2-7-19(24)23-18/h4-6,8-9,11-12,25H,1-3,7,10,13H2,(H,22,26). The lowest BCUT2D eigenvalue weighted by atomic mass is 10.2. The van der Waals surface area contributed by atoms with Gasteiger partial charge in [0, 0.05) is 24.7 Å². The first-order valence-electron chi connectivity index (χ1n) is 9.35. The minimum absolute atomic E-state index is 0.0587. The van der Waals surface area contributed by atoms with Gasteiger partial charge >= 0.3 is 0 Å². The summed E-state index contributed by atoms with van der Waals surface area (Å²) in [5.41, 5.74) is 1.07. The van der Waals surface area contributed by atoms with Gasteiger partial charge in [0.15, 0.2) is 6.61 Å². The molecule has 0 spiro atoms. The predicted octanol–water partition coefficient (Wildman–Crippen LogP) is 2.85. The molecule has 28 heavy (non-hydrogen) atoms. The number of aromatic nitrogens is 2. The third-order valence-electron chi connectivity index (χ3n) is 4.79. The molecule has 7 nitrogen and oxygen atoms in total. The molecule has 0 aliphatic carbocycles. The van der Waals surface area contributed by atoms with Crippen LogP contribution in [0.15, 0.2) is 47.3 Å². The van der Waals surface area contributed by atoms with E-state index in [2.05, 4.69) is 10.3 Å². The fourth-order valence-electron chi connectivity index (χ4n) is 3.42. The van der Waals surface area contributed by atoms with E-state index in [9.17, 15) is 14.7 Å². The maximum Gasteiger partial charge on any atom is 0.262 e. The summed E-state index contributed by atoms with van der Waals surface area (Å²) in [6.07, 6.45) is 3.94. The summed E-state index contributed by atoms with van der Waals surface area (Å²) < 4.78 is 7.31. The Morgan fingerprint density at radius 2 is 2.07 bits per heavy atom. The number of aryl methyl sites for hydroxylation is 1. The molecular weight excluding hydrogens is 358 g/mol. The Hall–Kier alpha value is -3.35. The first-order chi connectivity index (χ1) is 13.6. The molecule has 1 aromatic heterocycles. The number of nitrogens with one attached hydrogen (secondary N) is 1. The van der Waals surface area contributed by atoms with E-state index >= 15 is 0 Å². The lowest BCUT2D eigenvalue weighted by Gasteiger charge is -2.11. The maximum absolute atomic E-state index is 12.9. The molecule has 3 aromatic rings. The number of carbonyl (C=O) groups is 1. The molecule has 4 rings (SSSR count). The minimum atomic E-state index is -0.359. The average molecular weight is 379 g/mol. The zero-order valence-electron chi connectivity index (χ0n) is 15.4. The van der Waals surface area contributed by atoms with Gasteiger partial charge in [-0.25, -0.2) is 4.98 Å². The van der Waals surface area contributed by atoms with E-state index in [0.29, 0.717) is 28.9 Å². The molecule has 0 atom stereocenters. The first kappa shape index (κ1) is 18.0. The van der Waals surface area contributed by atoms with Gasteiger partial charge in [-0.2, -0.15) is 0 Å². The number of hydrogen-bond donors (Lipinski definition) is 2. The average Bonchev–Trinajstić information content (AvgIpc) is 2.92. The summed E-state index contributed by atoms with van der Waals surface area (Å²) in [6.45, 7) is 0.482. The van der Waals surface area contributed by atoms with E-state index in [4.69, 9.17) is 4.74 Å². The monoisotopic (exact) mass is 379 g/mol. The van der Waals surface area contributed by atoms with Crippen molar-refractivity contribution in [2.45, 2.75) is 32.2 Å². The molecule has 0 fully saturated rings. The van der Waals surface area contributed by atoms with Gasteiger partial charge in [-0.1, -0.05) is 12.5 Å². The number of phenols is 1. The number of amides is 1. The van der Waals surface area contributed by atoms with Gasteiger partial charge < -0.3 is 15.2 Å². The summed E-state index contributed by atoms with van der Waals surface area (Å²) in [5.74, 6) is 0.989. The number of phenolic OH excluding ortho intramolecular Hbond substituents is 1. The van der Waals surface area contributed by atoms with Crippen LogP contribution in [0.2, 0.25) is 0 Å². The summed E-state index contributed by atoms with van der Waals surface area (Å²) in [6, 6.07) is 11.4. The largest absolute Gasteiger partial charge is 0.508 e. The first-order valence-corrected chi connectivity index (χ1v) is 9.35. The second-order valence-corrected chi connectivity index (χ2v) is 6.86. The molecule has 1 amide bonds. The number of aromatic hydroxyl groups is 1. The third kappa shape index (κ3) is 3.83. The molecule has 144 valence electrons. The van der Waals surface area contributed by atoms with Crippen molar-refractivity contribution in [1.29, 1.82) is 0 Å². The van der Waals surface area contributed by atoms with Crippen LogP contribution in [0.3, 0.4) is 0 Å². The van der Waals surface area contributed by atoms with Crippen LogP contribution in [-0.2, 0) is 17.8 Å². The van der Waals surface area contributed by atoms with Crippen LogP contribution < -0.4 is 15.6 Å².